The smallest absolute Gasteiger partial charge is 0.491 e. The summed E-state index contributed by atoms with van der Waals surface area (Å²) in [5.74, 6) is -0.601. The van der Waals surface area contributed by atoms with Gasteiger partial charge < -0.3 is 24.4 Å². The summed E-state index contributed by atoms with van der Waals surface area (Å²) in [4.78, 5) is 78.9. The van der Waals surface area contributed by atoms with Gasteiger partial charge in [0, 0.05) is 113 Å². The molecule has 12 rings (SSSR count). The van der Waals surface area contributed by atoms with Gasteiger partial charge in [-0.3, -0.25) is 43.2 Å². The van der Waals surface area contributed by atoms with Crippen molar-refractivity contribution >= 4 is 55.0 Å². The van der Waals surface area contributed by atoms with Crippen LogP contribution in [0.4, 0.5) is 13.2 Å². The van der Waals surface area contributed by atoms with E-state index in [-0.39, 0.29) is 96.8 Å². The number of carboxylic acids is 2. The minimum atomic E-state index is -4.69. The predicted molar refractivity (Wildman–Crippen MR) is 328 cm³/mol. The number of aromatic nitrogens is 6. The van der Waals surface area contributed by atoms with Crippen molar-refractivity contribution in [3.05, 3.63) is 130 Å². The average Bonchev–Trinajstić information content (AvgIpc) is 1.59. The maximum atomic E-state index is 14.7. The summed E-state index contributed by atoms with van der Waals surface area (Å²) in [6.07, 6.45) is 1.50. The summed E-state index contributed by atoms with van der Waals surface area (Å²) in [6.45, 7) is 16.9. The number of halogens is 3. The number of ether oxygens (including phenoxy) is 4. The Kier molecular flexibility index (Phi) is 16.6. The van der Waals surface area contributed by atoms with Crippen LogP contribution in [0.2, 0.25) is 0 Å². The van der Waals surface area contributed by atoms with Crippen molar-refractivity contribution in [3.8, 4) is 16.9 Å². The number of benzene rings is 1. The zero-order valence-corrected chi connectivity index (χ0v) is 52.6. The van der Waals surface area contributed by atoms with E-state index in [1.807, 2.05) is 58.0 Å². The SMILES string of the molecule is CO[C@H]1CCN([C@H]2CCc3nc(C)n(CCOC(C)(Cc4ccc(OCCn5c(C)nc6c(c5=O)CC(N5CCC(OC(F)(F)F)CC5)CC65CC5)c(-c5cc(C)nc6c(C(=O)O)csc56)c4)c4cc(C)nc5c(C(=O)O)csc45)c(=O)c3C2)CC1(C)C. The molecule has 88 heavy (non-hydrogen) atoms. The number of carboxylic acid groups (broad SMARTS) is 2. The van der Waals surface area contributed by atoms with E-state index < -0.39 is 30.0 Å². The summed E-state index contributed by atoms with van der Waals surface area (Å²) >= 11 is 2.54. The minimum Gasteiger partial charge on any atom is -0.491 e. The van der Waals surface area contributed by atoms with Crippen molar-refractivity contribution in [2.24, 2.45) is 5.41 Å². The third-order valence-electron chi connectivity index (χ3n) is 19.3. The predicted octanol–water partition coefficient (Wildman–Crippen LogP) is 10.5. The number of methoxy groups -OCH3 is 1. The Bertz CT molecular complexity index is 4010. The van der Waals surface area contributed by atoms with Crippen LogP contribution < -0.4 is 15.9 Å². The molecule has 7 aromatic rings. The van der Waals surface area contributed by atoms with Gasteiger partial charge in [0.05, 0.1) is 80.5 Å². The number of pyridine rings is 2. The summed E-state index contributed by atoms with van der Waals surface area (Å²) in [7, 11) is 1.78. The van der Waals surface area contributed by atoms with Crippen LogP contribution in [0.15, 0.2) is 50.7 Å². The molecule has 5 aliphatic rings. The fraction of sp³-hybridized carbons (Fsp3) is 0.538. The second kappa shape index (κ2) is 23.7. The molecule has 1 spiro atoms. The Balaban J connectivity index is 0.855. The number of hydrogen-bond donors (Lipinski definition) is 2. The van der Waals surface area contributed by atoms with Crippen LogP contribution in [0, 0.1) is 33.1 Å². The first-order valence-corrected chi connectivity index (χ1v) is 32.2. The molecule has 8 heterocycles. The van der Waals surface area contributed by atoms with E-state index in [1.54, 1.807) is 33.9 Å². The van der Waals surface area contributed by atoms with Crippen LogP contribution >= 0.6 is 22.7 Å². The van der Waals surface area contributed by atoms with Crippen LogP contribution in [-0.4, -0.2) is 138 Å². The van der Waals surface area contributed by atoms with E-state index in [1.165, 1.54) is 22.7 Å². The van der Waals surface area contributed by atoms with Gasteiger partial charge in [0.2, 0.25) is 0 Å². The maximum absolute atomic E-state index is 14.7. The van der Waals surface area contributed by atoms with Crippen LogP contribution in [0.1, 0.15) is 143 Å². The number of aryl methyl sites for hydroxylation is 5. The number of piperidine rings is 2. The Morgan fingerprint density at radius 3 is 2.03 bits per heavy atom. The first kappa shape index (κ1) is 61.8. The summed E-state index contributed by atoms with van der Waals surface area (Å²) < 4.78 is 68.1. The van der Waals surface area contributed by atoms with Gasteiger partial charge in [0.15, 0.2) is 0 Å². The number of rotatable bonds is 18. The molecule has 2 N–H and O–H groups in total. The molecule has 1 aromatic carbocycles. The number of hydrogen-bond acceptors (Lipinski definition) is 16. The van der Waals surface area contributed by atoms with Gasteiger partial charge >= 0.3 is 18.3 Å². The van der Waals surface area contributed by atoms with E-state index in [9.17, 15) is 42.6 Å². The molecule has 4 atom stereocenters. The molecule has 2 aliphatic heterocycles. The molecule has 18 nitrogen and oxygen atoms in total. The number of carbonyl (C=O) groups is 2. The van der Waals surface area contributed by atoms with Crippen molar-refractivity contribution in [1.82, 2.24) is 38.9 Å². The van der Waals surface area contributed by atoms with Crippen molar-refractivity contribution < 1.29 is 51.9 Å². The molecule has 1 saturated carbocycles. The molecular formula is C65H75F3N8O10S2. The van der Waals surface area contributed by atoms with E-state index >= 15 is 0 Å². The summed E-state index contributed by atoms with van der Waals surface area (Å²) in [5, 5.41) is 23.8. The van der Waals surface area contributed by atoms with E-state index in [4.69, 9.17) is 34.1 Å². The van der Waals surface area contributed by atoms with Gasteiger partial charge in [-0.25, -0.2) is 19.6 Å². The standard InChI is InChI=1S/C65H75F3N8O10S2/c1-35-25-44(55-53(69-35)47(32-87-55)60(79)80)43-27-39(9-12-51(43)84-23-21-75-38(4)72-57-46(59(75)78)29-41(31-64(57)16-17-64)73-18-13-42(14-19-73)86-65(66,67)68)30-63(7,49-26-36(2)70-54-48(61(81)82)33-88-56(49)54)85-24-22-76-37(3)71-50-11-10-40(28-45(50)58(76)77)74-20-15-52(83-8)62(5,6)34-74/h9,12,25-27,32-33,40-42,52H,10-11,13-24,28-31,34H2,1-8H3,(H,79,80)(H,81,82)/t40-,41?,52-,63?/m0/s1. The fourth-order valence-corrected chi connectivity index (χ4v) is 16.9. The van der Waals surface area contributed by atoms with Crippen molar-refractivity contribution in [3.63, 3.8) is 0 Å². The van der Waals surface area contributed by atoms with Gasteiger partial charge in [-0.15, -0.1) is 35.8 Å². The lowest BCUT2D eigenvalue weighted by molar-refractivity contribution is -0.346. The summed E-state index contributed by atoms with van der Waals surface area (Å²) in [6, 6.07) is 9.80. The lowest BCUT2D eigenvalue weighted by atomic mass is 9.79. The molecule has 0 radical (unpaired) electrons. The monoisotopic (exact) mass is 1250 g/mol. The highest BCUT2D eigenvalue weighted by atomic mass is 32.1. The number of likely N-dealkylation sites (tertiary alicyclic amines) is 2. The number of alkyl halides is 3. The van der Waals surface area contributed by atoms with E-state index in [0.717, 1.165) is 73.3 Å². The molecule has 0 amide bonds. The molecule has 2 saturated heterocycles. The molecular weight excluding hydrogens is 1170 g/mol. The quantitative estimate of drug-likeness (QED) is 0.0817. The van der Waals surface area contributed by atoms with Crippen LogP contribution in [0.25, 0.3) is 31.6 Å². The molecule has 6 aromatic heterocycles. The van der Waals surface area contributed by atoms with Gasteiger partial charge in [-0.05, 0) is 129 Å². The first-order valence-electron chi connectivity index (χ1n) is 30.4. The Labute approximate surface area is 515 Å². The highest BCUT2D eigenvalue weighted by Crippen LogP contribution is 2.55. The number of thiophene rings is 2. The Morgan fingerprint density at radius 1 is 0.750 bits per heavy atom. The van der Waals surface area contributed by atoms with E-state index in [2.05, 4.69) is 28.4 Å². The van der Waals surface area contributed by atoms with Crippen LogP contribution in [0.3, 0.4) is 0 Å². The Hall–Kier alpha value is -6.47. The van der Waals surface area contributed by atoms with Gasteiger partial charge in [-0.2, -0.15) is 0 Å². The third kappa shape index (κ3) is 12.0. The van der Waals surface area contributed by atoms with Crippen molar-refractivity contribution in [2.45, 2.75) is 174 Å². The van der Waals surface area contributed by atoms with E-state index in [0.29, 0.717) is 98.3 Å². The van der Waals surface area contributed by atoms with Crippen LogP contribution in [-0.2, 0) is 64.0 Å². The summed E-state index contributed by atoms with van der Waals surface area (Å²) in [5.41, 5.74) is 6.20. The van der Waals surface area contributed by atoms with Gasteiger partial charge in [-0.1, -0.05) is 19.9 Å². The number of nitrogens with zero attached hydrogens (tertiary/aromatic N) is 8. The molecule has 468 valence electrons. The molecule has 2 unspecified atom stereocenters. The van der Waals surface area contributed by atoms with Gasteiger partial charge in [0.25, 0.3) is 11.1 Å². The highest BCUT2D eigenvalue weighted by molar-refractivity contribution is 7.18. The third-order valence-corrected chi connectivity index (χ3v) is 21.3. The number of aromatic carboxylic acids is 2. The zero-order chi connectivity index (χ0) is 62.4. The van der Waals surface area contributed by atoms with Crippen molar-refractivity contribution in [1.29, 1.82) is 0 Å². The fourth-order valence-electron chi connectivity index (χ4n) is 14.8. The highest BCUT2D eigenvalue weighted by Gasteiger charge is 2.53. The second-order valence-corrected chi connectivity index (χ2v) is 27.6. The topological polar surface area (TPSA) is 214 Å². The molecule has 23 heteroatoms. The average molecular weight is 1250 g/mol. The van der Waals surface area contributed by atoms with Crippen molar-refractivity contribution in [2.75, 3.05) is 46.5 Å². The zero-order valence-electron chi connectivity index (χ0n) is 51.0. The lowest BCUT2D eigenvalue weighted by Gasteiger charge is -2.47. The van der Waals surface area contributed by atoms with Gasteiger partial charge in [0.1, 0.15) is 24.0 Å². The molecule has 0 bridgehead atoms. The normalized spacial score (nSPS) is 21.1. The second-order valence-electron chi connectivity index (χ2n) is 25.8. The van der Waals surface area contributed by atoms with Crippen LogP contribution in [0.5, 0.6) is 5.75 Å². The minimum absolute atomic E-state index is 0.0186. The maximum Gasteiger partial charge on any atom is 0.522 e. The molecule has 3 aliphatic carbocycles. The number of fused-ring (bicyclic) bond motifs is 5. The Morgan fingerprint density at radius 2 is 1.38 bits per heavy atom. The largest absolute Gasteiger partial charge is 0.522 e. The molecule has 3 fully saturated rings. The lowest BCUT2D eigenvalue weighted by Crippen LogP contribution is -2.54. The first-order chi connectivity index (χ1) is 41.8.